The highest BCUT2D eigenvalue weighted by Gasteiger charge is 2.03. The molecule has 0 saturated heterocycles. The normalized spacial score (nSPS) is 16.2. The van der Waals surface area contributed by atoms with Gasteiger partial charge in [0.1, 0.15) is 0 Å². The van der Waals surface area contributed by atoms with Crippen LogP contribution in [0.4, 0.5) is 0 Å². The maximum absolute atomic E-state index is 7.91. The second kappa shape index (κ2) is 3.53. The van der Waals surface area contributed by atoms with E-state index in [0.717, 1.165) is 0 Å². The lowest BCUT2D eigenvalue weighted by atomic mass is 9.99. The van der Waals surface area contributed by atoms with Gasteiger partial charge in [0.2, 0.25) is 0 Å². The van der Waals surface area contributed by atoms with Gasteiger partial charge in [-0.15, -0.1) is 0 Å². The van der Waals surface area contributed by atoms with E-state index in [4.69, 9.17) is 5.48 Å². The van der Waals surface area contributed by atoms with Crippen molar-refractivity contribution in [1.29, 1.82) is 0 Å². The molecule has 0 fully saturated rings. The number of aromatic nitrogens is 1. The third-order valence-electron chi connectivity index (χ3n) is 1.66. The van der Waals surface area contributed by atoms with Gasteiger partial charge in [0.05, 0.1) is 7.06 Å². The van der Waals surface area contributed by atoms with Crippen LogP contribution >= 0.6 is 0 Å². The Kier molecular flexibility index (Phi) is 1.41. The van der Waals surface area contributed by atoms with Crippen LogP contribution in [0.5, 0.6) is 0 Å². The lowest BCUT2D eigenvalue weighted by Crippen LogP contribution is -1.94. The van der Waals surface area contributed by atoms with Crippen molar-refractivity contribution < 1.29 is 5.48 Å². The van der Waals surface area contributed by atoms with Crippen LogP contribution in [0, 0.1) is 6.85 Å². The fraction of sp³-hybridized carbons (Fsp3) is 0.364. The zero-order chi connectivity index (χ0) is 12.5. The largest absolute Gasteiger partial charge is 0.257 e. The Morgan fingerprint density at radius 1 is 1.75 bits per heavy atom. The highest BCUT2D eigenvalue weighted by molar-refractivity contribution is 5.44. The van der Waals surface area contributed by atoms with E-state index >= 15 is 0 Å². The summed E-state index contributed by atoms with van der Waals surface area (Å²) in [5.74, 6) is -0.0235. The van der Waals surface area contributed by atoms with Crippen molar-refractivity contribution in [1.82, 2.24) is 4.98 Å². The summed E-state index contributed by atoms with van der Waals surface area (Å²) in [6.07, 6.45) is 2.80. The molecule has 1 heterocycles. The van der Waals surface area contributed by atoms with Gasteiger partial charge in [0, 0.05) is 10.3 Å². The molecule has 1 aromatic heterocycles. The molecular formula is C11H15N. The average Bonchev–Trinajstić information content (AvgIpc) is 2.15. The Bertz CT molecular complexity index is 407. The molecule has 1 rings (SSSR count). The third-order valence-corrected chi connectivity index (χ3v) is 1.66. The molecule has 0 saturated carbocycles. The quantitative estimate of drug-likeness (QED) is 0.656. The predicted octanol–water partition coefficient (Wildman–Crippen LogP) is 3.16. The Balaban J connectivity index is 3.53. The van der Waals surface area contributed by atoms with Gasteiger partial charge < -0.3 is 0 Å². The topological polar surface area (TPSA) is 12.9 Å². The first-order valence-electron chi connectivity index (χ1n) is 5.91. The van der Waals surface area contributed by atoms with Crippen molar-refractivity contribution in [2.45, 2.75) is 26.6 Å². The molecule has 0 N–H and O–H groups in total. The summed E-state index contributed by atoms with van der Waals surface area (Å²) >= 11 is 0. The predicted molar refractivity (Wildman–Crippen MR) is 53.2 cm³/mol. The minimum absolute atomic E-state index is 0.0235. The van der Waals surface area contributed by atoms with Gasteiger partial charge in [0.15, 0.2) is 0 Å². The van der Waals surface area contributed by atoms with Gasteiger partial charge in [-0.25, -0.2) is 0 Å². The van der Waals surface area contributed by atoms with Crippen LogP contribution in [0.1, 0.15) is 42.1 Å². The van der Waals surface area contributed by atoms with Crippen molar-refractivity contribution in [2.24, 2.45) is 0 Å². The molecule has 0 aliphatic rings. The molecule has 64 valence electrons. The molecule has 0 radical (unpaired) electrons. The molecule has 0 bridgehead atoms. The summed E-state index contributed by atoms with van der Waals surface area (Å²) in [6, 6.07) is 0.165. The zero-order valence-corrected chi connectivity index (χ0v) is 7.39. The third kappa shape index (κ3) is 1.73. The molecule has 0 amide bonds. The summed E-state index contributed by atoms with van der Waals surface area (Å²) in [5.41, 5.74) is 1.12. The minimum atomic E-state index is -2.22. The van der Waals surface area contributed by atoms with E-state index < -0.39 is 6.85 Å². The molecule has 12 heavy (non-hydrogen) atoms. The van der Waals surface area contributed by atoms with Gasteiger partial charge in [-0.3, -0.25) is 4.98 Å². The van der Waals surface area contributed by atoms with Crippen molar-refractivity contribution >= 4 is 6.08 Å². The minimum Gasteiger partial charge on any atom is -0.257 e. The summed E-state index contributed by atoms with van der Waals surface area (Å²) < 4.78 is 30.2. The molecule has 1 heteroatoms. The molecule has 0 aliphatic heterocycles. The molecule has 0 atom stereocenters. The van der Waals surface area contributed by atoms with E-state index in [9.17, 15) is 0 Å². The molecule has 0 unspecified atom stereocenters. The SMILES string of the molecule is [2H]c1c(C=C)ncc(C([2H])([2H])[2H])c1C(C)C. The van der Waals surface area contributed by atoms with Crippen LogP contribution in [0.15, 0.2) is 18.8 Å². The first-order valence-corrected chi connectivity index (χ1v) is 3.91. The van der Waals surface area contributed by atoms with E-state index in [1.165, 1.54) is 12.3 Å². The lowest BCUT2D eigenvalue weighted by Gasteiger charge is -2.09. The number of aryl methyl sites for hydroxylation is 1. The van der Waals surface area contributed by atoms with Crippen molar-refractivity contribution in [2.75, 3.05) is 0 Å². The fourth-order valence-electron chi connectivity index (χ4n) is 1.00. The maximum Gasteiger partial charge on any atom is 0.0649 e. The highest BCUT2D eigenvalue weighted by atomic mass is 14.7. The molecule has 0 spiro atoms. The second-order valence-electron chi connectivity index (χ2n) is 2.95. The second-order valence-corrected chi connectivity index (χ2v) is 2.95. The van der Waals surface area contributed by atoms with Crippen molar-refractivity contribution in [3.05, 3.63) is 35.6 Å². The van der Waals surface area contributed by atoms with E-state index in [1.807, 2.05) is 13.8 Å². The fourth-order valence-corrected chi connectivity index (χ4v) is 1.00. The van der Waals surface area contributed by atoms with Crippen molar-refractivity contribution in [3.63, 3.8) is 0 Å². The molecule has 0 aliphatic carbocycles. The molecule has 0 aromatic carbocycles. The molecule has 1 aromatic rings. The summed E-state index contributed by atoms with van der Waals surface area (Å²) in [5, 5.41) is 0. The monoisotopic (exact) mass is 165 g/mol. The van der Waals surface area contributed by atoms with Crippen LogP contribution in [-0.2, 0) is 0 Å². The van der Waals surface area contributed by atoms with Crippen LogP contribution in [0.25, 0.3) is 6.08 Å². The number of pyridine rings is 1. The average molecular weight is 165 g/mol. The van der Waals surface area contributed by atoms with Crippen LogP contribution < -0.4 is 0 Å². The van der Waals surface area contributed by atoms with Gasteiger partial charge in [-0.05, 0) is 36.0 Å². The van der Waals surface area contributed by atoms with Crippen LogP contribution in [-0.4, -0.2) is 4.98 Å². The Morgan fingerprint density at radius 3 is 3.00 bits per heavy atom. The first-order chi connectivity index (χ1) is 7.29. The Hall–Kier alpha value is -1.11. The zero-order valence-electron chi connectivity index (χ0n) is 11.4. The highest BCUT2D eigenvalue weighted by Crippen LogP contribution is 2.18. The standard InChI is InChI=1S/C11H15N/c1-5-10-6-11(8(2)3)9(4)7-12-10/h5-8H,1H2,2-4H3/i4D3,6D. The number of hydrogen-bond donors (Lipinski definition) is 0. The molecular weight excluding hydrogens is 146 g/mol. The van der Waals surface area contributed by atoms with Crippen LogP contribution in [0.3, 0.4) is 0 Å². The van der Waals surface area contributed by atoms with E-state index in [-0.39, 0.29) is 17.5 Å². The smallest absolute Gasteiger partial charge is 0.0649 e. The summed E-state index contributed by atoms with van der Waals surface area (Å²) in [7, 11) is 0. The van der Waals surface area contributed by atoms with Gasteiger partial charge in [-0.2, -0.15) is 0 Å². The van der Waals surface area contributed by atoms with Crippen LogP contribution in [0.2, 0.25) is 0 Å². The Morgan fingerprint density at radius 2 is 2.50 bits per heavy atom. The number of hydrogen-bond acceptors (Lipinski definition) is 1. The van der Waals surface area contributed by atoms with Gasteiger partial charge in [-0.1, -0.05) is 20.4 Å². The Labute approximate surface area is 79.8 Å². The number of nitrogens with zero attached hydrogens (tertiary/aromatic N) is 1. The van der Waals surface area contributed by atoms with Crippen molar-refractivity contribution in [3.8, 4) is 0 Å². The maximum atomic E-state index is 7.91. The number of rotatable bonds is 2. The lowest BCUT2D eigenvalue weighted by molar-refractivity contribution is 0.851. The van der Waals surface area contributed by atoms with Gasteiger partial charge >= 0.3 is 0 Å². The first kappa shape index (κ1) is 4.80. The van der Waals surface area contributed by atoms with Gasteiger partial charge in [0.25, 0.3) is 0 Å². The van der Waals surface area contributed by atoms with E-state index in [2.05, 4.69) is 11.6 Å². The summed E-state index contributed by atoms with van der Waals surface area (Å²) in [6.45, 7) is 5.08. The van der Waals surface area contributed by atoms with E-state index in [0.29, 0.717) is 11.3 Å². The summed E-state index contributed by atoms with van der Waals surface area (Å²) in [4.78, 5) is 3.94. The molecule has 1 nitrogen and oxygen atoms in total. The van der Waals surface area contributed by atoms with E-state index in [1.54, 1.807) is 0 Å².